The minimum atomic E-state index is -0.231. The SMILES string of the molecule is C[C@H]1CC(C)(C)NC(=S)N1CC(=O)N1CCN(c2ccc(F)cc2)CC1. The highest BCUT2D eigenvalue weighted by Crippen LogP contribution is 2.22. The second-order valence-electron chi connectivity index (χ2n) is 7.84. The van der Waals surface area contributed by atoms with Gasteiger partial charge < -0.3 is 20.0 Å². The minimum Gasteiger partial charge on any atom is -0.368 e. The van der Waals surface area contributed by atoms with E-state index in [9.17, 15) is 9.18 Å². The lowest BCUT2D eigenvalue weighted by molar-refractivity contribution is -0.132. The Balaban J connectivity index is 1.54. The molecular weight excluding hydrogens is 351 g/mol. The Hall–Kier alpha value is -1.89. The van der Waals surface area contributed by atoms with Gasteiger partial charge >= 0.3 is 0 Å². The first-order valence-corrected chi connectivity index (χ1v) is 9.53. The van der Waals surface area contributed by atoms with Crippen LogP contribution in [0.1, 0.15) is 27.2 Å². The van der Waals surface area contributed by atoms with Crippen molar-refractivity contribution in [2.24, 2.45) is 0 Å². The summed E-state index contributed by atoms with van der Waals surface area (Å²) in [5.74, 6) is -0.120. The number of carbonyl (C=O) groups excluding carboxylic acids is 1. The van der Waals surface area contributed by atoms with E-state index in [-0.39, 0.29) is 23.3 Å². The van der Waals surface area contributed by atoms with Gasteiger partial charge in [-0.25, -0.2) is 4.39 Å². The lowest BCUT2D eigenvalue weighted by Crippen LogP contribution is -2.62. The third-order valence-electron chi connectivity index (χ3n) is 5.17. The number of hydrogen-bond donors (Lipinski definition) is 1. The van der Waals surface area contributed by atoms with Crippen LogP contribution in [0.2, 0.25) is 0 Å². The van der Waals surface area contributed by atoms with E-state index in [0.29, 0.717) is 24.7 Å². The standard InChI is InChI=1S/C19H27FN4OS/c1-14-12-19(2,3)21-18(26)24(14)13-17(25)23-10-8-22(9-11-23)16-6-4-15(20)5-7-16/h4-7,14H,8-13H2,1-3H3,(H,21,26)/t14-/m0/s1. The Morgan fingerprint density at radius 2 is 1.85 bits per heavy atom. The van der Waals surface area contributed by atoms with Gasteiger partial charge in [0.15, 0.2) is 5.11 Å². The molecule has 1 N–H and O–H groups in total. The smallest absolute Gasteiger partial charge is 0.242 e. The molecule has 7 heteroatoms. The summed E-state index contributed by atoms with van der Waals surface area (Å²) in [4.78, 5) is 18.8. The van der Waals surface area contributed by atoms with Crippen molar-refractivity contribution in [2.75, 3.05) is 37.6 Å². The fourth-order valence-corrected chi connectivity index (χ4v) is 4.32. The van der Waals surface area contributed by atoms with Crippen LogP contribution in [0.5, 0.6) is 0 Å². The van der Waals surface area contributed by atoms with Gasteiger partial charge in [0.2, 0.25) is 5.91 Å². The van der Waals surface area contributed by atoms with Crippen LogP contribution < -0.4 is 10.2 Å². The Kier molecular flexibility index (Phi) is 5.37. The van der Waals surface area contributed by atoms with Gasteiger partial charge in [-0.3, -0.25) is 4.79 Å². The van der Waals surface area contributed by atoms with E-state index in [1.54, 1.807) is 12.1 Å². The lowest BCUT2D eigenvalue weighted by Gasteiger charge is -2.45. The van der Waals surface area contributed by atoms with E-state index in [1.807, 2.05) is 9.80 Å². The minimum absolute atomic E-state index is 0.0309. The predicted molar refractivity (Wildman–Crippen MR) is 106 cm³/mol. The molecule has 1 aromatic carbocycles. The highest BCUT2D eigenvalue weighted by Gasteiger charge is 2.35. The number of benzene rings is 1. The Bertz CT molecular complexity index is 671. The van der Waals surface area contributed by atoms with E-state index in [1.165, 1.54) is 12.1 Å². The summed E-state index contributed by atoms with van der Waals surface area (Å²) in [6.07, 6.45) is 0.943. The number of halogens is 1. The summed E-state index contributed by atoms with van der Waals surface area (Å²) in [7, 11) is 0. The van der Waals surface area contributed by atoms with Gasteiger partial charge in [0, 0.05) is 43.4 Å². The van der Waals surface area contributed by atoms with Crippen LogP contribution in [0.4, 0.5) is 10.1 Å². The number of nitrogens with zero attached hydrogens (tertiary/aromatic N) is 3. The molecule has 0 saturated carbocycles. The van der Waals surface area contributed by atoms with Crippen LogP contribution in [0.15, 0.2) is 24.3 Å². The van der Waals surface area contributed by atoms with Gasteiger partial charge in [-0.15, -0.1) is 0 Å². The van der Waals surface area contributed by atoms with Crippen molar-refractivity contribution in [1.82, 2.24) is 15.1 Å². The van der Waals surface area contributed by atoms with Crippen molar-refractivity contribution >= 4 is 28.9 Å². The zero-order valence-corrected chi connectivity index (χ0v) is 16.5. The predicted octanol–water partition coefficient (Wildman–Crippen LogP) is 2.22. The first-order valence-electron chi connectivity index (χ1n) is 9.12. The maximum Gasteiger partial charge on any atom is 0.242 e. The quantitative estimate of drug-likeness (QED) is 0.817. The number of anilines is 1. The van der Waals surface area contributed by atoms with Crippen LogP contribution in [0.25, 0.3) is 0 Å². The van der Waals surface area contributed by atoms with Gasteiger partial charge in [0.1, 0.15) is 5.82 Å². The fourth-order valence-electron chi connectivity index (χ4n) is 3.80. The number of amides is 1. The van der Waals surface area contributed by atoms with Crippen LogP contribution in [-0.4, -0.2) is 65.1 Å². The number of nitrogens with one attached hydrogen (secondary N) is 1. The van der Waals surface area contributed by atoms with E-state index in [2.05, 4.69) is 31.0 Å². The summed E-state index contributed by atoms with van der Waals surface area (Å²) >= 11 is 5.47. The van der Waals surface area contributed by atoms with Crippen molar-refractivity contribution in [2.45, 2.75) is 38.8 Å². The fraction of sp³-hybridized carbons (Fsp3) is 0.579. The molecule has 0 bridgehead atoms. The van der Waals surface area contributed by atoms with E-state index in [4.69, 9.17) is 12.2 Å². The third kappa shape index (κ3) is 4.26. The van der Waals surface area contributed by atoms with Gasteiger partial charge in [-0.1, -0.05) is 0 Å². The average Bonchev–Trinajstić information content (AvgIpc) is 2.58. The second kappa shape index (κ2) is 7.39. The Labute approximate surface area is 160 Å². The van der Waals surface area contributed by atoms with Gasteiger partial charge in [0.25, 0.3) is 0 Å². The average molecular weight is 379 g/mol. The highest BCUT2D eigenvalue weighted by molar-refractivity contribution is 7.80. The van der Waals surface area contributed by atoms with E-state index >= 15 is 0 Å². The van der Waals surface area contributed by atoms with Crippen LogP contribution in [0, 0.1) is 5.82 Å². The molecule has 0 aromatic heterocycles. The summed E-state index contributed by atoms with van der Waals surface area (Å²) in [6, 6.07) is 6.76. The second-order valence-corrected chi connectivity index (χ2v) is 8.23. The first kappa shape index (κ1) is 18.9. The molecule has 26 heavy (non-hydrogen) atoms. The first-order chi connectivity index (χ1) is 12.2. The topological polar surface area (TPSA) is 38.8 Å². The monoisotopic (exact) mass is 378 g/mol. The van der Waals surface area contributed by atoms with Crippen molar-refractivity contribution in [3.63, 3.8) is 0 Å². The summed E-state index contributed by atoms with van der Waals surface area (Å²) in [5, 5.41) is 3.98. The van der Waals surface area contributed by atoms with E-state index in [0.717, 1.165) is 25.2 Å². The molecule has 2 fully saturated rings. The largest absolute Gasteiger partial charge is 0.368 e. The van der Waals surface area contributed by atoms with E-state index < -0.39 is 0 Å². The molecule has 0 spiro atoms. The summed E-state index contributed by atoms with van der Waals surface area (Å²) in [5.41, 5.74) is 0.965. The molecule has 0 unspecified atom stereocenters. The molecule has 1 aromatic rings. The molecule has 2 aliphatic heterocycles. The van der Waals surface area contributed by atoms with Crippen molar-refractivity contribution in [3.05, 3.63) is 30.1 Å². The number of carbonyl (C=O) groups is 1. The number of thiocarbonyl (C=S) groups is 1. The molecule has 2 aliphatic rings. The molecule has 1 atom stereocenters. The zero-order chi connectivity index (χ0) is 18.9. The Morgan fingerprint density at radius 3 is 2.42 bits per heavy atom. The van der Waals surface area contributed by atoms with Crippen LogP contribution in [0.3, 0.4) is 0 Å². The maximum atomic E-state index is 13.1. The molecule has 1 amide bonds. The van der Waals surface area contributed by atoms with Crippen molar-refractivity contribution in [1.29, 1.82) is 0 Å². The molecule has 0 radical (unpaired) electrons. The van der Waals surface area contributed by atoms with Crippen LogP contribution in [-0.2, 0) is 4.79 Å². The molecule has 142 valence electrons. The molecule has 2 heterocycles. The molecule has 3 rings (SSSR count). The highest BCUT2D eigenvalue weighted by atomic mass is 32.1. The number of rotatable bonds is 3. The Morgan fingerprint density at radius 1 is 1.23 bits per heavy atom. The van der Waals surface area contributed by atoms with Crippen LogP contribution >= 0.6 is 12.2 Å². The number of piperazine rings is 1. The van der Waals surface area contributed by atoms with Crippen molar-refractivity contribution < 1.29 is 9.18 Å². The summed E-state index contributed by atoms with van der Waals surface area (Å²) in [6.45, 7) is 9.54. The lowest BCUT2D eigenvalue weighted by atomic mass is 9.93. The molecule has 0 aliphatic carbocycles. The molecule has 5 nitrogen and oxygen atoms in total. The maximum absolute atomic E-state index is 13.1. The summed E-state index contributed by atoms with van der Waals surface area (Å²) < 4.78 is 13.1. The van der Waals surface area contributed by atoms with Crippen molar-refractivity contribution in [3.8, 4) is 0 Å². The molecule has 2 saturated heterocycles. The number of hydrogen-bond acceptors (Lipinski definition) is 3. The van der Waals surface area contributed by atoms with Gasteiger partial charge in [-0.2, -0.15) is 0 Å². The normalized spacial score (nSPS) is 23.0. The third-order valence-corrected chi connectivity index (χ3v) is 5.51. The zero-order valence-electron chi connectivity index (χ0n) is 15.7. The van der Waals surface area contributed by atoms with Gasteiger partial charge in [0.05, 0.1) is 6.54 Å². The molecular formula is C19H27FN4OS. The van der Waals surface area contributed by atoms with Gasteiger partial charge in [-0.05, 0) is 63.7 Å².